The van der Waals surface area contributed by atoms with Gasteiger partial charge in [-0.15, -0.1) is 0 Å². The molecule has 22 heavy (non-hydrogen) atoms. The summed E-state index contributed by atoms with van der Waals surface area (Å²) in [5.74, 6) is -0.673. The van der Waals surface area contributed by atoms with Crippen molar-refractivity contribution in [2.75, 3.05) is 5.32 Å². The Kier molecular flexibility index (Phi) is 4.07. The highest BCUT2D eigenvalue weighted by molar-refractivity contribution is 6.31. The van der Waals surface area contributed by atoms with Gasteiger partial charge in [-0.2, -0.15) is 0 Å². The number of hydrogen-bond donors (Lipinski definition) is 1. The van der Waals surface area contributed by atoms with Gasteiger partial charge in [0.25, 0.3) is 0 Å². The standard InChI is InChI=1S/C18H13ClFNO/c19-16-11-14(8-9-17(16)20)21-18(22)10-13-6-3-5-12-4-1-2-7-15(12)13/h1-9,11H,10H2,(H,21,22). The lowest BCUT2D eigenvalue weighted by molar-refractivity contribution is -0.115. The Morgan fingerprint density at radius 1 is 1.05 bits per heavy atom. The first-order valence-electron chi connectivity index (χ1n) is 6.85. The topological polar surface area (TPSA) is 29.1 Å². The Morgan fingerprint density at radius 2 is 1.82 bits per heavy atom. The number of benzene rings is 3. The van der Waals surface area contributed by atoms with Crippen molar-refractivity contribution in [1.29, 1.82) is 0 Å². The summed E-state index contributed by atoms with van der Waals surface area (Å²) in [6, 6.07) is 17.9. The Hall–Kier alpha value is -2.39. The molecule has 0 spiro atoms. The molecule has 0 fully saturated rings. The van der Waals surface area contributed by atoms with E-state index in [1.165, 1.54) is 18.2 Å². The summed E-state index contributed by atoms with van der Waals surface area (Å²) in [5, 5.41) is 4.87. The van der Waals surface area contributed by atoms with Crippen molar-refractivity contribution < 1.29 is 9.18 Å². The quantitative estimate of drug-likeness (QED) is 0.738. The van der Waals surface area contributed by atoms with Gasteiger partial charge < -0.3 is 5.32 Å². The van der Waals surface area contributed by atoms with Crippen molar-refractivity contribution in [2.24, 2.45) is 0 Å². The second-order valence-corrected chi connectivity index (χ2v) is 5.40. The van der Waals surface area contributed by atoms with Gasteiger partial charge in [-0.3, -0.25) is 4.79 Å². The highest BCUT2D eigenvalue weighted by Gasteiger charge is 2.08. The summed E-state index contributed by atoms with van der Waals surface area (Å²) in [6.45, 7) is 0. The van der Waals surface area contributed by atoms with Crippen LogP contribution < -0.4 is 5.32 Å². The average Bonchev–Trinajstić information content (AvgIpc) is 2.51. The molecule has 0 aliphatic carbocycles. The van der Waals surface area contributed by atoms with E-state index < -0.39 is 5.82 Å². The number of hydrogen-bond acceptors (Lipinski definition) is 1. The minimum atomic E-state index is -0.506. The molecule has 0 aromatic heterocycles. The Balaban J connectivity index is 1.80. The molecular formula is C18H13ClFNO. The lowest BCUT2D eigenvalue weighted by atomic mass is 10.0. The molecule has 0 atom stereocenters. The number of carbonyl (C=O) groups is 1. The highest BCUT2D eigenvalue weighted by Crippen LogP contribution is 2.21. The second kappa shape index (κ2) is 6.16. The summed E-state index contributed by atoms with van der Waals surface area (Å²) in [6.07, 6.45) is 0.246. The number of amides is 1. The predicted octanol–water partition coefficient (Wildman–Crippen LogP) is 4.81. The van der Waals surface area contributed by atoms with E-state index in [4.69, 9.17) is 11.6 Å². The predicted molar refractivity (Wildman–Crippen MR) is 87.7 cm³/mol. The second-order valence-electron chi connectivity index (χ2n) is 4.99. The molecule has 0 aliphatic heterocycles. The normalized spacial score (nSPS) is 10.6. The largest absolute Gasteiger partial charge is 0.326 e. The third kappa shape index (κ3) is 3.10. The molecular weight excluding hydrogens is 301 g/mol. The summed E-state index contributed by atoms with van der Waals surface area (Å²) < 4.78 is 13.1. The Morgan fingerprint density at radius 3 is 2.64 bits per heavy atom. The van der Waals surface area contributed by atoms with Gasteiger partial charge in [0.05, 0.1) is 11.4 Å². The third-order valence-corrected chi connectivity index (χ3v) is 3.72. The smallest absolute Gasteiger partial charge is 0.228 e. The first-order chi connectivity index (χ1) is 10.6. The molecule has 3 aromatic carbocycles. The SMILES string of the molecule is O=C(Cc1cccc2ccccc12)Nc1ccc(F)c(Cl)c1. The molecule has 3 aromatic rings. The van der Waals surface area contributed by atoms with Gasteiger partial charge in [0.2, 0.25) is 5.91 Å². The number of nitrogens with one attached hydrogen (secondary N) is 1. The molecule has 1 N–H and O–H groups in total. The van der Waals surface area contributed by atoms with Crippen LogP contribution in [0.15, 0.2) is 60.7 Å². The zero-order valence-corrected chi connectivity index (χ0v) is 12.4. The van der Waals surface area contributed by atoms with E-state index in [-0.39, 0.29) is 17.4 Å². The van der Waals surface area contributed by atoms with Crippen molar-refractivity contribution in [3.05, 3.63) is 77.1 Å². The molecule has 4 heteroatoms. The molecule has 0 saturated carbocycles. The minimum Gasteiger partial charge on any atom is -0.326 e. The van der Waals surface area contributed by atoms with Crippen LogP contribution in [0.25, 0.3) is 10.8 Å². The number of rotatable bonds is 3. The van der Waals surface area contributed by atoms with Gasteiger partial charge in [-0.05, 0) is 34.5 Å². The van der Waals surface area contributed by atoms with E-state index in [0.29, 0.717) is 5.69 Å². The maximum Gasteiger partial charge on any atom is 0.228 e. The maximum absolute atomic E-state index is 13.1. The van der Waals surface area contributed by atoms with E-state index in [9.17, 15) is 9.18 Å². The number of halogens is 2. The first-order valence-corrected chi connectivity index (χ1v) is 7.23. The average molecular weight is 314 g/mol. The minimum absolute atomic E-state index is 0.0111. The van der Waals surface area contributed by atoms with E-state index >= 15 is 0 Å². The van der Waals surface area contributed by atoms with E-state index in [2.05, 4.69) is 5.32 Å². The highest BCUT2D eigenvalue weighted by atomic mass is 35.5. The molecule has 0 unspecified atom stereocenters. The molecule has 0 heterocycles. The number of anilines is 1. The zero-order chi connectivity index (χ0) is 15.5. The van der Waals surface area contributed by atoms with Crippen molar-refractivity contribution in [3.63, 3.8) is 0 Å². The summed E-state index contributed by atoms with van der Waals surface area (Å²) in [7, 11) is 0. The lowest BCUT2D eigenvalue weighted by Gasteiger charge is -2.08. The maximum atomic E-state index is 13.1. The van der Waals surface area contributed by atoms with E-state index in [1.54, 1.807) is 0 Å². The monoisotopic (exact) mass is 313 g/mol. The number of carbonyl (C=O) groups excluding carboxylic acids is 1. The van der Waals surface area contributed by atoms with Crippen molar-refractivity contribution >= 4 is 34.0 Å². The van der Waals surface area contributed by atoms with Crippen LogP contribution in [0.5, 0.6) is 0 Å². The van der Waals surface area contributed by atoms with Crippen molar-refractivity contribution in [1.82, 2.24) is 0 Å². The summed E-state index contributed by atoms with van der Waals surface area (Å²) in [5.41, 5.74) is 1.43. The van der Waals surface area contributed by atoms with Gasteiger partial charge in [-0.1, -0.05) is 54.1 Å². The first kappa shape index (κ1) is 14.5. The van der Waals surface area contributed by atoms with Crippen molar-refractivity contribution in [2.45, 2.75) is 6.42 Å². The van der Waals surface area contributed by atoms with Crippen LogP contribution in [0.3, 0.4) is 0 Å². The van der Waals surface area contributed by atoms with Gasteiger partial charge >= 0.3 is 0 Å². The summed E-state index contributed by atoms with van der Waals surface area (Å²) >= 11 is 5.71. The molecule has 0 bridgehead atoms. The Bertz CT molecular complexity index is 842. The van der Waals surface area contributed by atoms with Gasteiger partial charge in [-0.25, -0.2) is 4.39 Å². The third-order valence-electron chi connectivity index (χ3n) is 3.43. The van der Waals surface area contributed by atoms with Crippen LogP contribution in [-0.2, 0) is 11.2 Å². The van der Waals surface area contributed by atoms with Crippen LogP contribution in [0.4, 0.5) is 10.1 Å². The molecule has 1 amide bonds. The summed E-state index contributed by atoms with van der Waals surface area (Å²) in [4.78, 5) is 12.2. The van der Waals surface area contributed by atoms with Crippen LogP contribution in [0, 0.1) is 5.82 Å². The van der Waals surface area contributed by atoms with E-state index in [0.717, 1.165) is 16.3 Å². The molecule has 110 valence electrons. The molecule has 0 aliphatic rings. The molecule has 0 radical (unpaired) electrons. The van der Waals surface area contributed by atoms with Gasteiger partial charge in [0, 0.05) is 5.69 Å². The van der Waals surface area contributed by atoms with Crippen LogP contribution in [0.2, 0.25) is 5.02 Å². The fraction of sp³-hybridized carbons (Fsp3) is 0.0556. The van der Waals surface area contributed by atoms with Crippen molar-refractivity contribution in [3.8, 4) is 0 Å². The molecule has 3 rings (SSSR count). The van der Waals surface area contributed by atoms with Gasteiger partial charge in [0.1, 0.15) is 5.82 Å². The molecule has 2 nitrogen and oxygen atoms in total. The van der Waals surface area contributed by atoms with Gasteiger partial charge in [0.15, 0.2) is 0 Å². The molecule has 0 saturated heterocycles. The van der Waals surface area contributed by atoms with Crippen LogP contribution >= 0.6 is 11.6 Å². The number of fused-ring (bicyclic) bond motifs is 1. The van der Waals surface area contributed by atoms with Crippen LogP contribution in [0.1, 0.15) is 5.56 Å². The lowest BCUT2D eigenvalue weighted by Crippen LogP contribution is -2.14. The Labute approximate surface area is 132 Å². The fourth-order valence-corrected chi connectivity index (χ4v) is 2.58. The fourth-order valence-electron chi connectivity index (χ4n) is 2.40. The van der Waals surface area contributed by atoms with Crippen LogP contribution in [-0.4, -0.2) is 5.91 Å². The zero-order valence-electron chi connectivity index (χ0n) is 11.6. The van der Waals surface area contributed by atoms with E-state index in [1.807, 2.05) is 42.5 Å².